The molecule has 4 nitrogen and oxygen atoms in total. The molecule has 0 fully saturated rings. The second-order valence-electron chi connectivity index (χ2n) is 4.50. The number of nitrogen functional groups attached to an aromatic ring is 1. The van der Waals surface area contributed by atoms with Gasteiger partial charge in [0.25, 0.3) is 0 Å². The fourth-order valence-electron chi connectivity index (χ4n) is 2.04. The highest BCUT2D eigenvalue weighted by molar-refractivity contribution is 5.95. The fourth-order valence-corrected chi connectivity index (χ4v) is 2.04. The highest BCUT2D eigenvalue weighted by Gasteiger charge is 2.03. The molecule has 0 spiro atoms. The predicted molar refractivity (Wildman–Crippen MR) is 80.0 cm³/mol. The Labute approximate surface area is 117 Å². The van der Waals surface area contributed by atoms with Gasteiger partial charge in [0.1, 0.15) is 5.84 Å². The smallest absolute Gasteiger partial charge is 0.122 e. The first-order valence-corrected chi connectivity index (χ1v) is 6.29. The van der Waals surface area contributed by atoms with E-state index in [1.807, 2.05) is 59.5 Å². The summed E-state index contributed by atoms with van der Waals surface area (Å²) < 4.78 is 1.81. The number of nitrogens with zero attached hydrogens (tertiary/aromatic N) is 2. The van der Waals surface area contributed by atoms with Crippen LogP contribution in [-0.2, 0) is 0 Å². The Balaban J connectivity index is 1.92. The number of hydrogen-bond donors (Lipinski definition) is 2. The molecule has 0 saturated heterocycles. The zero-order chi connectivity index (χ0) is 13.9. The molecule has 1 heterocycles. The van der Waals surface area contributed by atoms with Crippen LogP contribution in [0.1, 0.15) is 5.56 Å². The van der Waals surface area contributed by atoms with Crippen molar-refractivity contribution in [2.24, 2.45) is 5.73 Å². The summed E-state index contributed by atoms with van der Waals surface area (Å²) in [4.78, 5) is 0. The molecule has 3 aromatic rings. The van der Waals surface area contributed by atoms with Crippen molar-refractivity contribution in [1.29, 1.82) is 5.41 Å². The second-order valence-corrected chi connectivity index (χ2v) is 4.50. The molecule has 0 atom stereocenters. The highest BCUT2D eigenvalue weighted by Crippen LogP contribution is 2.19. The Bertz CT molecular complexity index is 727. The van der Waals surface area contributed by atoms with E-state index in [9.17, 15) is 0 Å². The van der Waals surface area contributed by atoms with Crippen molar-refractivity contribution in [2.75, 3.05) is 0 Å². The normalized spacial score (nSPS) is 10.4. The maximum Gasteiger partial charge on any atom is 0.122 e. The average Bonchev–Trinajstić information content (AvgIpc) is 2.98. The van der Waals surface area contributed by atoms with Crippen molar-refractivity contribution >= 4 is 5.84 Å². The van der Waals surface area contributed by atoms with Gasteiger partial charge in [0.15, 0.2) is 0 Å². The van der Waals surface area contributed by atoms with E-state index in [0.717, 1.165) is 16.8 Å². The minimum Gasteiger partial charge on any atom is -0.384 e. The first-order chi connectivity index (χ1) is 9.74. The predicted octanol–water partition coefficient (Wildman–Crippen LogP) is 2.82. The third kappa shape index (κ3) is 2.31. The van der Waals surface area contributed by atoms with Crippen LogP contribution in [0.3, 0.4) is 0 Å². The summed E-state index contributed by atoms with van der Waals surface area (Å²) in [6.07, 6.45) is 3.83. The van der Waals surface area contributed by atoms with E-state index in [2.05, 4.69) is 17.2 Å². The summed E-state index contributed by atoms with van der Waals surface area (Å²) in [5.74, 6) is 0.0713. The lowest BCUT2D eigenvalue weighted by Crippen LogP contribution is -2.10. The van der Waals surface area contributed by atoms with Crippen molar-refractivity contribution in [3.05, 3.63) is 72.6 Å². The largest absolute Gasteiger partial charge is 0.384 e. The SMILES string of the molecule is N=C(N)c1ccc(-n2cc(-c3ccccc3)cn2)cc1. The van der Waals surface area contributed by atoms with Crippen LogP contribution in [0.15, 0.2) is 67.0 Å². The first kappa shape index (κ1) is 12.2. The molecule has 1 aromatic heterocycles. The molecule has 0 unspecified atom stereocenters. The van der Waals surface area contributed by atoms with Crippen LogP contribution >= 0.6 is 0 Å². The van der Waals surface area contributed by atoms with Crippen LogP contribution in [-0.4, -0.2) is 15.6 Å². The molecule has 4 heteroatoms. The highest BCUT2D eigenvalue weighted by atomic mass is 15.3. The van der Waals surface area contributed by atoms with E-state index in [4.69, 9.17) is 11.1 Å². The van der Waals surface area contributed by atoms with E-state index < -0.39 is 0 Å². The third-order valence-corrected chi connectivity index (χ3v) is 3.13. The van der Waals surface area contributed by atoms with Gasteiger partial charge >= 0.3 is 0 Å². The van der Waals surface area contributed by atoms with Gasteiger partial charge in [-0.1, -0.05) is 30.3 Å². The van der Waals surface area contributed by atoms with Crippen LogP contribution in [0.2, 0.25) is 0 Å². The average molecular weight is 262 g/mol. The van der Waals surface area contributed by atoms with Gasteiger partial charge in [-0.15, -0.1) is 0 Å². The summed E-state index contributed by atoms with van der Waals surface area (Å²) >= 11 is 0. The van der Waals surface area contributed by atoms with Gasteiger partial charge in [0.05, 0.1) is 11.9 Å². The van der Waals surface area contributed by atoms with E-state index in [-0.39, 0.29) is 5.84 Å². The second kappa shape index (κ2) is 5.01. The standard InChI is InChI=1S/C16H14N4/c17-16(18)13-6-8-15(9-7-13)20-11-14(10-19-20)12-4-2-1-3-5-12/h1-11H,(H3,17,18). The van der Waals surface area contributed by atoms with Crippen molar-refractivity contribution in [3.8, 4) is 16.8 Å². The van der Waals surface area contributed by atoms with Gasteiger partial charge < -0.3 is 5.73 Å². The fraction of sp³-hybridized carbons (Fsp3) is 0. The number of nitrogens with two attached hydrogens (primary N) is 1. The van der Waals surface area contributed by atoms with Crippen LogP contribution in [0.5, 0.6) is 0 Å². The molecule has 0 aliphatic carbocycles. The molecular formula is C16H14N4. The zero-order valence-electron chi connectivity index (χ0n) is 10.8. The zero-order valence-corrected chi connectivity index (χ0v) is 10.8. The molecule has 0 aliphatic rings. The van der Waals surface area contributed by atoms with E-state index in [1.54, 1.807) is 0 Å². The summed E-state index contributed by atoms with van der Waals surface area (Å²) in [7, 11) is 0. The van der Waals surface area contributed by atoms with Gasteiger partial charge in [0.2, 0.25) is 0 Å². The number of aromatic nitrogens is 2. The Morgan fingerprint density at radius 2 is 1.65 bits per heavy atom. The van der Waals surface area contributed by atoms with Crippen LogP contribution in [0.4, 0.5) is 0 Å². The van der Waals surface area contributed by atoms with Crippen LogP contribution < -0.4 is 5.73 Å². The lowest BCUT2D eigenvalue weighted by atomic mass is 10.1. The molecule has 0 radical (unpaired) electrons. The summed E-state index contributed by atoms with van der Waals surface area (Å²) in [5, 5.41) is 11.8. The van der Waals surface area contributed by atoms with Crippen LogP contribution in [0.25, 0.3) is 16.8 Å². The van der Waals surface area contributed by atoms with Gasteiger partial charge in [-0.2, -0.15) is 5.10 Å². The number of amidine groups is 1. The summed E-state index contributed by atoms with van der Waals surface area (Å²) in [6, 6.07) is 17.6. The van der Waals surface area contributed by atoms with Gasteiger partial charge in [0, 0.05) is 17.3 Å². The van der Waals surface area contributed by atoms with E-state index in [1.165, 1.54) is 0 Å². The summed E-state index contributed by atoms with van der Waals surface area (Å²) in [6.45, 7) is 0. The lowest BCUT2D eigenvalue weighted by Gasteiger charge is -2.03. The monoisotopic (exact) mass is 262 g/mol. The molecule has 2 aromatic carbocycles. The summed E-state index contributed by atoms with van der Waals surface area (Å²) in [5.41, 5.74) is 9.31. The Morgan fingerprint density at radius 1 is 0.950 bits per heavy atom. The van der Waals surface area contributed by atoms with Crippen molar-refractivity contribution < 1.29 is 0 Å². The minimum atomic E-state index is 0.0713. The topological polar surface area (TPSA) is 67.7 Å². The molecule has 0 amide bonds. The number of nitrogens with one attached hydrogen (secondary N) is 1. The number of benzene rings is 2. The van der Waals surface area contributed by atoms with Crippen molar-refractivity contribution in [2.45, 2.75) is 0 Å². The van der Waals surface area contributed by atoms with Crippen molar-refractivity contribution in [1.82, 2.24) is 9.78 Å². The molecule has 0 aliphatic heterocycles. The molecule has 3 rings (SSSR count). The maximum atomic E-state index is 7.38. The first-order valence-electron chi connectivity index (χ1n) is 6.29. The number of rotatable bonds is 3. The molecule has 98 valence electrons. The van der Waals surface area contributed by atoms with Crippen LogP contribution in [0, 0.1) is 5.41 Å². The molecule has 0 bridgehead atoms. The quantitative estimate of drug-likeness (QED) is 0.563. The van der Waals surface area contributed by atoms with E-state index >= 15 is 0 Å². The molecule has 20 heavy (non-hydrogen) atoms. The van der Waals surface area contributed by atoms with Gasteiger partial charge in [-0.05, 0) is 29.8 Å². The Kier molecular flexibility index (Phi) is 3.05. The molecule has 3 N–H and O–H groups in total. The van der Waals surface area contributed by atoms with Gasteiger partial charge in [-0.25, -0.2) is 4.68 Å². The van der Waals surface area contributed by atoms with Gasteiger partial charge in [-0.3, -0.25) is 5.41 Å². The minimum absolute atomic E-state index is 0.0713. The maximum absolute atomic E-state index is 7.38. The van der Waals surface area contributed by atoms with E-state index in [0.29, 0.717) is 5.56 Å². The Morgan fingerprint density at radius 3 is 2.30 bits per heavy atom. The van der Waals surface area contributed by atoms with Crippen molar-refractivity contribution in [3.63, 3.8) is 0 Å². The third-order valence-electron chi connectivity index (χ3n) is 3.13. The number of hydrogen-bond acceptors (Lipinski definition) is 2. The Hall–Kier alpha value is -2.88. The lowest BCUT2D eigenvalue weighted by molar-refractivity contribution is 0.880. The molecule has 0 saturated carbocycles. The molecular weight excluding hydrogens is 248 g/mol.